The molecule has 10 heteroatoms. The molecule has 4 aromatic rings. The van der Waals surface area contributed by atoms with Gasteiger partial charge in [0.2, 0.25) is 0 Å². The fraction of sp³-hybridized carbons (Fsp3) is 0.0952. The minimum atomic E-state index is -4.84. The number of hydrogen-bond donors (Lipinski definition) is 1. The number of ether oxygens (including phenoxy) is 1. The van der Waals surface area contributed by atoms with Crippen LogP contribution in [0.15, 0.2) is 71.6 Å². The summed E-state index contributed by atoms with van der Waals surface area (Å²) in [6.07, 6.45) is -4.84. The Balaban J connectivity index is 1.51. The second kappa shape index (κ2) is 7.86. The Morgan fingerprint density at radius 1 is 0.968 bits per heavy atom. The first-order valence-electron chi connectivity index (χ1n) is 8.95. The highest BCUT2D eigenvalue weighted by Crippen LogP contribution is 2.31. The molecule has 1 N–H and O–H groups in total. The number of hydrogen-bond acceptors (Lipinski definition) is 5. The fourth-order valence-corrected chi connectivity index (χ4v) is 5.00. The lowest BCUT2D eigenvalue weighted by Crippen LogP contribution is -2.17. The Hall–Kier alpha value is -3.11. The Morgan fingerprint density at radius 2 is 1.65 bits per heavy atom. The van der Waals surface area contributed by atoms with Crippen molar-refractivity contribution in [2.24, 2.45) is 0 Å². The van der Waals surface area contributed by atoms with Crippen LogP contribution in [-0.4, -0.2) is 19.8 Å². The normalized spacial score (nSPS) is 12.1. The van der Waals surface area contributed by atoms with Crippen LogP contribution in [0.5, 0.6) is 5.75 Å². The second-order valence-corrected chi connectivity index (χ2v) is 9.41. The molecule has 5 nitrogen and oxygen atoms in total. The average molecular weight is 464 g/mol. The number of alkyl halides is 3. The summed E-state index contributed by atoms with van der Waals surface area (Å²) in [6.45, 7) is 2.01. The van der Waals surface area contributed by atoms with Gasteiger partial charge in [0.05, 0.1) is 15.1 Å². The summed E-state index contributed by atoms with van der Waals surface area (Å²) in [6, 6.07) is 16.7. The van der Waals surface area contributed by atoms with Crippen molar-refractivity contribution in [1.29, 1.82) is 0 Å². The number of rotatable bonds is 5. The summed E-state index contributed by atoms with van der Waals surface area (Å²) in [5, 5.41) is 0.815. The zero-order chi connectivity index (χ0) is 22.2. The van der Waals surface area contributed by atoms with Gasteiger partial charge >= 0.3 is 6.36 Å². The van der Waals surface area contributed by atoms with Crippen molar-refractivity contribution in [2.45, 2.75) is 18.2 Å². The van der Waals surface area contributed by atoms with Gasteiger partial charge in [0.1, 0.15) is 10.8 Å². The smallest absolute Gasteiger partial charge is 0.406 e. The quantitative estimate of drug-likeness (QED) is 0.395. The maximum Gasteiger partial charge on any atom is 0.573 e. The molecule has 1 heterocycles. The van der Waals surface area contributed by atoms with E-state index in [1.165, 1.54) is 0 Å². The molecule has 0 saturated carbocycles. The molecule has 0 amide bonds. The van der Waals surface area contributed by atoms with Crippen molar-refractivity contribution in [2.75, 3.05) is 4.72 Å². The lowest BCUT2D eigenvalue weighted by Gasteiger charge is -2.11. The summed E-state index contributed by atoms with van der Waals surface area (Å²) in [5.41, 5.74) is 3.20. The van der Waals surface area contributed by atoms with Crippen molar-refractivity contribution in [3.05, 3.63) is 72.3 Å². The zero-order valence-electron chi connectivity index (χ0n) is 16.0. The molecule has 0 saturated heterocycles. The molecular weight excluding hydrogens is 449 g/mol. The number of sulfonamides is 1. The topological polar surface area (TPSA) is 68.3 Å². The van der Waals surface area contributed by atoms with E-state index in [0.29, 0.717) is 5.69 Å². The number of halogens is 3. The van der Waals surface area contributed by atoms with Crippen LogP contribution in [0.4, 0.5) is 18.9 Å². The highest BCUT2D eigenvalue weighted by atomic mass is 32.2. The highest BCUT2D eigenvalue weighted by molar-refractivity contribution is 7.92. The Labute approximate surface area is 180 Å². The molecule has 1 aromatic heterocycles. The first-order chi connectivity index (χ1) is 14.6. The van der Waals surface area contributed by atoms with Crippen LogP contribution < -0.4 is 9.46 Å². The van der Waals surface area contributed by atoms with Gasteiger partial charge in [0.15, 0.2) is 0 Å². The van der Waals surface area contributed by atoms with Crippen LogP contribution in [-0.2, 0) is 10.0 Å². The molecule has 0 aliphatic carbocycles. The molecule has 0 spiro atoms. The molecule has 0 atom stereocenters. The average Bonchev–Trinajstić information content (AvgIpc) is 3.10. The van der Waals surface area contributed by atoms with Gasteiger partial charge in [-0.3, -0.25) is 4.72 Å². The van der Waals surface area contributed by atoms with Crippen LogP contribution in [0.3, 0.4) is 0 Å². The van der Waals surface area contributed by atoms with Gasteiger partial charge in [0.25, 0.3) is 10.0 Å². The predicted octanol–water partition coefficient (Wildman–Crippen LogP) is 5.97. The van der Waals surface area contributed by atoms with Gasteiger partial charge in [-0.2, -0.15) is 0 Å². The summed E-state index contributed by atoms with van der Waals surface area (Å²) >= 11 is 1.54. The number of nitrogens with zero attached hydrogens (tertiary/aromatic N) is 1. The van der Waals surface area contributed by atoms with E-state index < -0.39 is 22.1 Å². The Bertz CT molecular complexity index is 1330. The standard InChI is InChI=1S/C21H15F3N2O3S2/c1-13-2-11-18-19(12-13)30-20(25-18)14-3-5-15(6-4-14)26-31(27,28)17-9-7-16(8-10-17)29-21(22,23)24/h2-12,26H,1H3. The SMILES string of the molecule is Cc1ccc2nc(-c3ccc(NS(=O)(=O)c4ccc(OC(F)(F)F)cc4)cc3)sc2c1. The van der Waals surface area contributed by atoms with Crippen LogP contribution in [0, 0.1) is 6.92 Å². The van der Waals surface area contributed by atoms with Crippen LogP contribution in [0.25, 0.3) is 20.8 Å². The lowest BCUT2D eigenvalue weighted by atomic mass is 10.2. The predicted molar refractivity (Wildman–Crippen MR) is 114 cm³/mol. The fourth-order valence-electron chi connectivity index (χ4n) is 2.87. The van der Waals surface area contributed by atoms with E-state index in [2.05, 4.69) is 20.5 Å². The van der Waals surface area contributed by atoms with Crippen molar-refractivity contribution < 1.29 is 26.3 Å². The largest absolute Gasteiger partial charge is 0.573 e. The minimum Gasteiger partial charge on any atom is -0.406 e. The summed E-state index contributed by atoms with van der Waals surface area (Å²) < 4.78 is 69.0. The van der Waals surface area contributed by atoms with Gasteiger partial charge < -0.3 is 4.74 Å². The number of nitrogens with one attached hydrogen (secondary N) is 1. The Kier molecular flexibility index (Phi) is 5.36. The third kappa shape index (κ3) is 4.97. The van der Waals surface area contributed by atoms with E-state index >= 15 is 0 Å². The van der Waals surface area contributed by atoms with E-state index in [4.69, 9.17) is 0 Å². The van der Waals surface area contributed by atoms with E-state index in [9.17, 15) is 21.6 Å². The van der Waals surface area contributed by atoms with Gasteiger partial charge in [-0.1, -0.05) is 6.07 Å². The number of fused-ring (bicyclic) bond motifs is 1. The highest BCUT2D eigenvalue weighted by Gasteiger charge is 2.31. The first-order valence-corrected chi connectivity index (χ1v) is 11.3. The number of aryl methyl sites for hydroxylation is 1. The first kappa shape index (κ1) is 21.1. The molecule has 3 aromatic carbocycles. The van der Waals surface area contributed by atoms with Gasteiger partial charge in [-0.15, -0.1) is 24.5 Å². The van der Waals surface area contributed by atoms with Crippen molar-refractivity contribution in [3.8, 4) is 16.3 Å². The summed E-state index contributed by atoms with van der Waals surface area (Å²) in [4.78, 5) is 4.41. The maximum absolute atomic E-state index is 12.5. The van der Waals surface area contributed by atoms with E-state index in [-0.39, 0.29) is 4.90 Å². The number of aromatic nitrogens is 1. The molecule has 0 bridgehead atoms. The van der Waals surface area contributed by atoms with Crippen molar-refractivity contribution >= 4 is 37.3 Å². The lowest BCUT2D eigenvalue weighted by molar-refractivity contribution is -0.274. The molecule has 31 heavy (non-hydrogen) atoms. The van der Waals surface area contributed by atoms with Crippen LogP contribution in [0.2, 0.25) is 0 Å². The second-order valence-electron chi connectivity index (χ2n) is 6.69. The zero-order valence-corrected chi connectivity index (χ0v) is 17.6. The minimum absolute atomic E-state index is 0.187. The molecule has 0 aliphatic heterocycles. The molecule has 0 aliphatic rings. The molecular formula is C21H15F3N2O3S2. The molecule has 0 unspecified atom stereocenters. The number of thiazole rings is 1. The molecule has 0 radical (unpaired) electrons. The van der Waals surface area contributed by atoms with E-state index in [0.717, 1.165) is 50.6 Å². The number of anilines is 1. The van der Waals surface area contributed by atoms with Crippen molar-refractivity contribution in [1.82, 2.24) is 4.98 Å². The summed E-state index contributed by atoms with van der Waals surface area (Å²) in [7, 11) is -3.98. The van der Waals surface area contributed by atoms with Gasteiger partial charge in [0, 0.05) is 11.3 Å². The summed E-state index contributed by atoms with van der Waals surface area (Å²) in [5.74, 6) is -0.498. The molecule has 4 rings (SSSR count). The Morgan fingerprint density at radius 3 is 2.29 bits per heavy atom. The van der Waals surface area contributed by atoms with Crippen LogP contribution >= 0.6 is 11.3 Å². The maximum atomic E-state index is 12.5. The number of benzene rings is 3. The van der Waals surface area contributed by atoms with E-state index in [1.54, 1.807) is 35.6 Å². The third-order valence-corrected chi connectivity index (χ3v) is 6.76. The van der Waals surface area contributed by atoms with E-state index in [1.807, 2.05) is 19.1 Å². The molecule has 0 fully saturated rings. The van der Waals surface area contributed by atoms with Gasteiger partial charge in [-0.05, 0) is 73.2 Å². The van der Waals surface area contributed by atoms with Crippen molar-refractivity contribution in [3.63, 3.8) is 0 Å². The monoisotopic (exact) mass is 464 g/mol. The third-order valence-electron chi connectivity index (χ3n) is 4.30. The van der Waals surface area contributed by atoms with Crippen LogP contribution in [0.1, 0.15) is 5.56 Å². The molecule has 160 valence electrons. The van der Waals surface area contributed by atoms with Gasteiger partial charge in [-0.25, -0.2) is 13.4 Å².